The molecule has 0 bridgehead atoms. The highest BCUT2D eigenvalue weighted by Crippen LogP contribution is 2.21. The zero-order valence-corrected chi connectivity index (χ0v) is 9.30. The molecule has 3 heterocycles. The van der Waals surface area contributed by atoms with Gasteiger partial charge in [0.15, 0.2) is 5.82 Å². The summed E-state index contributed by atoms with van der Waals surface area (Å²) in [6, 6.07) is 2.58. The first-order valence-electron chi connectivity index (χ1n) is 5.66. The van der Waals surface area contributed by atoms with E-state index in [0.29, 0.717) is 6.04 Å². The normalized spacial score (nSPS) is 16.3. The van der Waals surface area contributed by atoms with Crippen molar-refractivity contribution in [1.29, 1.82) is 0 Å². The Labute approximate surface area is 94.1 Å². The molecule has 0 saturated carbocycles. The van der Waals surface area contributed by atoms with Gasteiger partial charge in [-0.2, -0.15) is 5.10 Å². The molecule has 0 spiro atoms. The molecule has 1 N–H and O–H groups in total. The highest BCUT2D eigenvalue weighted by molar-refractivity contribution is 5.68. The first-order valence-corrected chi connectivity index (χ1v) is 5.66. The molecule has 0 unspecified atom stereocenters. The van der Waals surface area contributed by atoms with E-state index < -0.39 is 0 Å². The summed E-state index contributed by atoms with van der Waals surface area (Å²) in [7, 11) is 0. The Kier molecular flexibility index (Phi) is 2.25. The van der Waals surface area contributed by atoms with Crippen LogP contribution in [-0.2, 0) is 0 Å². The molecule has 0 atom stereocenters. The van der Waals surface area contributed by atoms with E-state index in [4.69, 9.17) is 0 Å². The number of nitrogens with one attached hydrogen (secondary N) is 1. The van der Waals surface area contributed by atoms with Crippen molar-refractivity contribution in [2.24, 2.45) is 0 Å². The molecule has 3 rings (SSSR count). The third-order valence-electron chi connectivity index (χ3n) is 3.12. The lowest BCUT2D eigenvalue weighted by molar-refractivity contribution is 0.415. The monoisotopic (exact) mass is 217 g/mol. The van der Waals surface area contributed by atoms with Crippen LogP contribution in [0.15, 0.2) is 24.7 Å². The fraction of sp³-hybridized carbons (Fsp3) is 0.455. The summed E-state index contributed by atoms with van der Waals surface area (Å²) >= 11 is 0. The van der Waals surface area contributed by atoms with Crippen LogP contribution in [0, 0.1) is 0 Å². The van der Waals surface area contributed by atoms with Crippen LogP contribution in [0.25, 0.3) is 5.52 Å². The smallest absolute Gasteiger partial charge is 0.155 e. The van der Waals surface area contributed by atoms with E-state index in [1.807, 2.05) is 29.2 Å². The third kappa shape index (κ3) is 1.36. The maximum atomic E-state index is 4.49. The van der Waals surface area contributed by atoms with Gasteiger partial charge in [0.2, 0.25) is 0 Å². The molecule has 0 amide bonds. The van der Waals surface area contributed by atoms with Gasteiger partial charge in [0.1, 0.15) is 5.52 Å². The average Bonchev–Trinajstić information content (AvgIpc) is 2.70. The van der Waals surface area contributed by atoms with Crippen molar-refractivity contribution in [1.82, 2.24) is 19.9 Å². The minimum absolute atomic E-state index is 0.568. The van der Waals surface area contributed by atoms with E-state index in [1.54, 1.807) is 0 Å². The first-order chi connectivity index (χ1) is 7.90. The van der Waals surface area contributed by atoms with E-state index in [0.717, 1.165) is 31.0 Å². The molecular formula is C11H15N5. The van der Waals surface area contributed by atoms with Crippen molar-refractivity contribution in [2.75, 3.05) is 24.5 Å². The molecule has 2 aromatic heterocycles. The molecule has 1 aliphatic rings. The zero-order chi connectivity index (χ0) is 11.0. The molecule has 1 aliphatic heterocycles. The summed E-state index contributed by atoms with van der Waals surface area (Å²) in [6.07, 6.45) is 5.50. The number of rotatable bonds is 3. The Hall–Kier alpha value is -1.62. The van der Waals surface area contributed by atoms with Gasteiger partial charge in [-0.3, -0.25) is 0 Å². The molecule has 0 radical (unpaired) electrons. The van der Waals surface area contributed by atoms with E-state index in [9.17, 15) is 0 Å². The van der Waals surface area contributed by atoms with Gasteiger partial charge in [-0.05, 0) is 13.0 Å². The van der Waals surface area contributed by atoms with Crippen molar-refractivity contribution >= 4 is 11.3 Å². The lowest BCUT2D eigenvalue weighted by Gasteiger charge is -2.38. The fourth-order valence-electron chi connectivity index (χ4n) is 2.14. The summed E-state index contributed by atoms with van der Waals surface area (Å²) in [5.74, 6) is 1.04. The van der Waals surface area contributed by atoms with Gasteiger partial charge in [0.05, 0.1) is 12.2 Å². The van der Waals surface area contributed by atoms with Gasteiger partial charge < -0.3 is 10.2 Å². The Morgan fingerprint density at radius 1 is 1.50 bits per heavy atom. The number of aromatic nitrogens is 3. The predicted molar refractivity (Wildman–Crippen MR) is 62.7 cm³/mol. The van der Waals surface area contributed by atoms with Crippen LogP contribution in [-0.4, -0.2) is 40.3 Å². The summed E-state index contributed by atoms with van der Waals surface area (Å²) in [6.45, 7) is 5.24. The second-order valence-electron chi connectivity index (χ2n) is 4.01. The summed E-state index contributed by atoms with van der Waals surface area (Å²) < 4.78 is 1.87. The fourth-order valence-corrected chi connectivity index (χ4v) is 2.14. The molecule has 0 aromatic carbocycles. The number of hydrogen-bond acceptors (Lipinski definition) is 4. The minimum Gasteiger partial charge on any atom is -0.350 e. The summed E-state index contributed by atoms with van der Waals surface area (Å²) in [4.78, 5) is 6.83. The van der Waals surface area contributed by atoms with Crippen LogP contribution in [0.2, 0.25) is 0 Å². The quantitative estimate of drug-likeness (QED) is 0.814. The Bertz CT molecular complexity index is 488. The Morgan fingerprint density at radius 2 is 2.38 bits per heavy atom. The number of fused-ring (bicyclic) bond motifs is 1. The number of anilines is 1. The number of likely N-dealkylation sites (N-methyl/N-ethyl adjacent to an activating group) is 1. The van der Waals surface area contributed by atoms with E-state index >= 15 is 0 Å². The molecule has 0 aliphatic carbocycles. The zero-order valence-electron chi connectivity index (χ0n) is 9.30. The van der Waals surface area contributed by atoms with Crippen molar-refractivity contribution in [2.45, 2.75) is 13.0 Å². The average molecular weight is 217 g/mol. The SMILES string of the molecule is CCN(c1nccn2nccc12)C1CNC1. The van der Waals surface area contributed by atoms with Gasteiger partial charge in [-0.1, -0.05) is 0 Å². The molecule has 16 heavy (non-hydrogen) atoms. The molecule has 1 fully saturated rings. The van der Waals surface area contributed by atoms with Gasteiger partial charge in [0, 0.05) is 32.0 Å². The predicted octanol–water partition coefficient (Wildman–Crippen LogP) is 0.527. The van der Waals surface area contributed by atoms with Crippen LogP contribution >= 0.6 is 0 Å². The number of hydrogen-bond donors (Lipinski definition) is 1. The topological polar surface area (TPSA) is 45.5 Å². The molecule has 84 valence electrons. The van der Waals surface area contributed by atoms with Crippen LogP contribution in [0.3, 0.4) is 0 Å². The Balaban J connectivity index is 2.05. The van der Waals surface area contributed by atoms with Crippen molar-refractivity contribution in [3.8, 4) is 0 Å². The van der Waals surface area contributed by atoms with E-state index in [1.165, 1.54) is 0 Å². The molecule has 5 heteroatoms. The molecule has 2 aromatic rings. The minimum atomic E-state index is 0.568. The van der Waals surface area contributed by atoms with E-state index in [-0.39, 0.29) is 0 Å². The van der Waals surface area contributed by atoms with Crippen LogP contribution in [0.5, 0.6) is 0 Å². The Morgan fingerprint density at radius 3 is 3.06 bits per heavy atom. The van der Waals surface area contributed by atoms with Crippen LogP contribution in [0.1, 0.15) is 6.92 Å². The van der Waals surface area contributed by atoms with Crippen LogP contribution in [0.4, 0.5) is 5.82 Å². The molecular weight excluding hydrogens is 202 g/mol. The second-order valence-corrected chi connectivity index (χ2v) is 4.01. The van der Waals surface area contributed by atoms with Crippen molar-refractivity contribution < 1.29 is 0 Å². The largest absolute Gasteiger partial charge is 0.350 e. The summed E-state index contributed by atoms with van der Waals surface area (Å²) in [5, 5.41) is 7.53. The van der Waals surface area contributed by atoms with Gasteiger partial charge >= 0.3 is 0 Å². The van der Waals surface area contributed by atoms with E-state index in [2.05, 4.69) is 27.2 Å². The van der Waals surface area contributed by atoms with Crippen molar-refractivity contribution in [3.05, 3.63) is 24.7 Å². The van der Waals surface area contributed by atoms with Gasteiger partial charge in [-0.15, -0.1) is 0 Å². The lowest BCUT2D eigenvalue weighted by atomic mass is 10.1. The second kappa shape index (κ2) is 3.75. The lowest BCUT2D eigenvalue weighted by Crippen LogP contribution is -2.57. The highest BCUT2D eigenvalue weighted by atomic mass is 15.3. The van der Waals surface area contributed by atoms with Crippen molar-refractivity contribution in [3.63, 3.8) is 0 Å². The highest BCUT2D eigenvalue weighted by Gasteiger charge is 2.25. The first kappa shape index (κ1) is 9.59. The molecule has 1 saturated heterocycles. The maximum Gasteiger partial charge on any atom is 0.155 e. The van der Waals surface area contributed by atoms with Gasteiger partial charge in [-0.25, -0.2) is 9.50 Å². The third-order valence-corrected chi connectivity index (χ3v) is 3.12. The van der Waals surface area contributed by atoms with Gasteiger partial charge in [0.25, 0.3) is 0 Å². The maximum absolute atomic E-state index is 4.49. The standard InChI is InChI=1S/C11H15N5/c1-2-15(9-7-12-8-9)11-10-3-4-14-16(10)6-5-13-11/h3-6,9,12H,2,7-8H2,1H3. The number of nitrogens with zero attached hydrogens (tertiary/aromatic N) is 4. The van der Waals surface area contributed by atoms with Crippen LogP contribution < -0.4 is 10.2 Å². The molecule has 5 nitrogen and oxygen atoms in total. The summed E-state index contributed by atoms with van der Waals surface area (Å²) in [5.41, 5.74) is 1.08.